The molecule has 1 rings (SSSR count). The van der Waals surface area contributed by atoms with Crippen molar-refractivity contribution in [3.05, 3.63) is 0 Å². The maximum absolute atomic E-state index is 11.7. The van der Waals surface area contributed by atoms with Crippen molar-refractivity contribution in [2.24, 2.45) is 5.92 Å². The molecule has 1 N–H and O–H groups in total. The first-order valence-corrected chi connectivity index (χ1v) is 7.70. The second-order valence-electron chi connectivity index (χ2n) is 4.66. The Morgan fingerprint density at radius 2 is 1.93 bits per heavy atom. The lowest BCUT2D eigenvalue weighted by molar-refractivity contribution is 0.310. The van der Waals surface area contributed by atoms with Crippen LogP contribution >= 0.6 is 0 Å². The highest BCUT2D eigenvalue weighted by atomic mass is 32.2. The fourth-order valence-electron chi connectivity index (χ4n) is 2.12. The van der Waals surface area contributed by atoms with Crippen LogP contribution in [-0.4, -0.2) is 20.2 Å². The number of unbranched alkanes of at least 4 members (excludes halogenated alkanes) is 1. The molecule has 3 nitrogen and oxygen atoms in total. The van der Waals surface area contributed by atoms with Crippen LogP contribution in [0, 0.1) is 5.92 Å². The quantitative estimate of drug-likeness (QED) is 0.792. The van der Waals surface area contributed by atoms with Crippen LogP contribution in [0.3, 0.4) is 0 Å². The fraction of sp³-hybridized carbons (Fsp3) is 1.00. The third-order valence-electron chi connectivity index (χ3n) is 3.21. The zero-order chi connectivity index (χ0) is 11.3. The SMILES string of the molecule is CCCCS(=O)(=O)N[C@H]1CCCC[C@H]1C. The van der Waals surface area contributed by atoms with Crippen LogP contribution in [-0.2, 0) is 10.0 Å². The lowest BCUT2D eigenvalue weighted by Gasteiger charge is -2.29. The lowest BCUT2D eigenvalue weighted by Crippen LogP contribution is -2.42. The van der Waals surface area contributed by atoms with E-state index in [9.17, 15) is 8.42 Å². The van der Waals surface area contributed by atoms with Gasteiger partial charge < -0.3 is 0 Å². The number of rotatable bonds is 5. The summed E-state index contributed by atoms with van der Waals surface area (Å²) in [6, 6.07) is 0.181. The lowest BCUT2D eigenvalue weighted by atomic mass is 9.87. The number of nitrogens with one attached hydrogen (secondary N) is 1. The predicted octanol–water partition coefficient (Wildman–Crippen LogP) is 2.28. The van der Waals surface area contributed by atoms with E-state index in [1.54, 1.807) is 0 Å². The molecule has 2 atom stereocenters. The minimum Gasteiger partial charge on any atom is -0.212 e. The molecule has 1 saturated carbocycles. The molecule has 4 heteroatoms. The first-order valence-electron chi connectivity index (χ1n) is 6.05. The predicted molar refractivity (Wildman–Crippen MR) is 63.3 cm³/mol. The summed E-state index contributed by atoms with van der Waals surface area (Å²) >= 11 is 0. The van der Waals surface area contributed by atoms with Crippen molar-refractivity contribution in [3.8, 4) is 0 Å². The highest BCUT2D eigenvalue weighted by molar-refractivity contribution is 7.89. The molecule has 0 aromatic carbocycles. The summed E-state index contributed by atoms with van der Waals surface area (Å²) < 4.78 is 26.2. The first-order chi connectivity index (χ1) is 7.05. The minimum absolute atomic E-state index is 0.181. The van der Waals surface area contributed by atoms with Gasteiger partial charge >= 0.3 is 0 Å². The molecule has 1 fully saturated rings. The van der Waals surface area contributed by atoms with E-state index in [2.05, 4.69) is 11.6 Å². The van der Waals surface area contributed by atoms with Crippen molar-refractivity contribution in [1.82, 2.24) is 4.72 Å². The van der Waals surface area contributed by atoms with Gasteiger partial charge in [-0.15, -0.1) is 0 Å². The van der Waals surface area contributed by atoms with Gasteiger partial charge in [-0.2, -0.15) is 0 Å². The smallest absolute Gasteiger partial charge is 0.211 e. The molecule has 1 aliphatic carbocycles. The van der Waals surface area contributed by atoms with Crippen molar-refractivity contribution in [3.63, 3.8) is 0 Å². The third kappa shape index (κ3) is 4.51. The molecule has 0 saturated heterocycles. The molecule has 15 heavy (non-hydrogen) atoms. The van der Waals surface area contributed by atoms with Gasteiger partial charge in [-0.1, -0.05) is 33.1 Å². The molecular formula is C11H23NO2S. The molecular weight excluding hydrogens is 210 g/mol. The van der Waals surface area contributed by atoms with Crippen molar-refractivity contribution in [1.29, 1.82) is 0 Å². The summed E-state index contributed by atoms with van der Waals surface area (Å²) in [5.41, 5.74) is 0. The Hall–Kier alpha value is -0.0900. The summed E-state index contributed by atoms with van der Waals surface area (Å²) in [5.74, 6) is 0.780. The standard InChI is InChI=1S/C11H23NO2S/c1-3-4-9-15(13,14)12-11-8-6-5-7-10(11)2/h10-12H,3-9H2,1-2H3/t10-,11+/m1/s1. The number of hydrogen-bond donors (Lipinski definition) is 1. The van der Waals surface area contributed by atoms with Gasteiger partial charge in [0.15, 0.2) is 0 Å². The van der Waals surface area contributed by atoms with Gasteiger partial charge in [0.2, 0.25) is 10.0 Å². The van der Waals surface area contributed by atoms with Crippen LogP contribution < -0.4 is 4.72 Å². The normalized spacial score (nSPS) is 27.9. The maximum Gasteiger partial charge on any atom is 0.211 e. The average Bonchev–Trinajstić information content (AvgIpc) is 2.18. The van der Waals surface area contributed by atoms with Crippen LogP contribution in [0.2, 0.25) is 0 Å². The molecule has 1 aliphatic rings. The molecule has 0 unspecified atom stereocenters. The van der Waals surface area contributed by atoms with Crippen LogP contribution in [0.4, 0.5) is 0 Å². The van der Waals surface area contributed by atoms with E-state index in [0.29, 0.717) is 5.92 Å². The van der Waals surface area contributed by atoms with Gasteiger partial charge in [0.05, 0.1) is 5.75 Å². The molecule has 0 aliphatic heterocycles. The van der Waals surface area contributed by atoms with Gasteiger partial charge in [0, 0.05) is 6.04 Å². The Morgan fingerprint density at radius 3 is 2.53 bits per heavy atom. The Bertz CT molecular complexity index is 274. The third-order valence-corrected chi connectivity index (χ3v) is 4.70. The maximum atomic E-state index is 11.7. The van der Waals surface area contributed by atoms with Gasteiger partial charge in [0.25, 0.3) is 0 Å². The van der Waals surface area contributed by atoms with Crippen molar-refractivity contribution < 1.29 is 8.42 Å². The molecule has 90 valence electrons. The summed E-state index contributed by atoms with van der Waals surface area (Å²) in [6.45, 7) is 4.16. The molecule has 0 radical (unpaired) electrons. The molecule has 0 aromatic rings. The Morgan fingerprint density at radius 1 is 1.27 bits per heavy atom. The molecule has 0 spiro atoms. The van der Waals surface area contributed by atoms with E-state index in [1.807, 2.05) is 6.92 Å². The molecule has 0 aromatic heterocycles. The van der Waals surface area contributed by atoms with Crippen LogP contribution in [0.1, 0.15) is 52.4 Å². The van der Waals surface area contributed by atoms with Gasteiger partial charge in [-0.25, -0.2) is 13.1 Å². The van der Waals surface area contributed by atoms with E-state index in [-0.39, 0.29) is 11.8 Å². The van der Waals surface area contributed by atoms with E-state index in [0.717, 1.165) is 32.1 Å². The topological polar surface area (TPSA) is 46.2 Å². The Labute approximate surface area is 93.7 Å². The van der Waals surface area contributed by atoms with Gasteiger partial charge in [-0.3, -0.25) is 0 Å². The summed E-state index contributed by atoms with van der Waals surface area (Å²) in [5, 5.41) is 0. The van der Waals surface area contributed by atoms with E-state index in [1.165, 1.54) is 6.42 Å². The van der Waals surface area contributed by atoms with E-state index >= 15 is 0 Å². The summed E-state index contributed by atoms with van der Waals surface area (Å²) in [7, 11) is -3.03. The Balaban J connectivity index is 2.44. The fourth-order valence-corrected chi connectivity index (χ4v) is 3.71. The second-order valence-corrected chi connectivity index (χ2v) is 6.53. The minimum atomic E-state index is -3.03. The number of hydrogen-bond acceptors (Lipinski definition) is 2. The van der Waals surface area contributed by atoms with Crippen molar-refractivity contribution >= 4 is 10.0 Å². The van der Waals surface area contributed by atoms with Crippen LogP contribution in [0.25, 0.3) is 0 Å². The summed E-state index contributed by atoms with van der Waals surface area (Å²) in [6.07, 6.45) is 6.25. The average molecular weight is 233 g/mol. The number of sulfonamides is 1. The molecule has 0 amide bonds. The molecule has 0 heterocycles. The largest absolute Gasteiger partial charge is 0.212 e. The zero-order valence-electron chi connectivity index (χ0n) is 9.83. The summed E-state index contributed by atoms with van der Waals surface area (Å²) in [4.78, 5) is 0. The van der Waals surface area contributed by atoms with Gasteiger partial charge in [-0.05, 0) is 25.2 Å². The van der Waals surface area contributed by atoms with Crippen LogP contribution in [0.5, 0.6) is 0 Å². The van der Waals surface area contributed by atoms with Crippen molar-refractivity contribution in [2.45, 2.75) is 58.4 Å². The van der Waals surface area contributed by atoms with E-state index < -0.39 is 10.0 Å². The van der Waals surface area contributed by atoms with Crippen molar-refractivity contribution in [2.75, 3.05) is 5.75 Å². The zero-order valence-corrected chi connectivity index (χ0v) is 10.6. The van der Waals surface area contributed by atoms with E-state index in [4.69, 9.17) is 0 Å². The first kappa shape index (κ1) is 13.0. The van der Waals surface area contributed by atoms with Crippen LogP contribution in [0.15, 0.2) is 0 Å². The highest BCUT2D eigenvalue weighted by Crippen LogP contribution is 2.24. The second kappa shape index (κ2) is 5.85. The van der Waals surface area contributed by atoms with Gasteiger partial charge in [0.1, 0.15) is 0 Å². The Kier molecular flexibility index (Phi) is 5.06. The molecule has 0 bridgehead atoms. The highest BCUT2D eigenvalue weighted by Gasteiger charge is 2.25. The monoisotopic (exact) mass is 233 g/mol.